The van der Waals surface area contributed by atoms with Gasteiger partial charge in [0.1, 0.15) is 18.0 Å². The summed E-state index contributed by atoms with van der Waals surface area (Å²) in [5.74, 6) is -0.456. The van der Waals surface area contributed by atoms with Crippen LogP contribution in [0.2, 0.25) is 0 Å². The second kappa shape index (κ2) is 7.69. The largest absolute Gasteiger partial charge is 0.468 e. The van der Waals surface area contributed by atoms with Gasteiger partial charge in [0.15, 0.2) is 0 Å². The molecule has 0 saturated heterocycles. The van der Waals surface area contributed by atoms with Crippen molar-refractivity contribution in [1.82, 2.24) is 5.32 Å². The molecule has 0 spiro atoms. The molecule has 1 amide bonds. The molecule has 25 heavy (non-hydrogen) atoms. The monoisotopic (exact) mass is 353 g/mol. The number of carbonyl (C=O) groups is 2. The quantitative estimate of drug-likeness (QED) is 0.837. The zero-order chi connectivity index (χ0) is 18.4. The molecular formula is C17H14F3NO4. The number of carbonyl (C=O) groups excluding carboxylic acids is 2. The Morgan fingerprint density at radius 1 is 0.960 bits per heavy atom. The van der Waals surface area contributed by atoms with E-state index in [1.165, 1.54) is 43.5 Å². The van der Waals surface area contributed by atoms with Gasteiger partial charge < -0.3 is 14.8 Å². The van der Waals surface area contributed by atoms with E-state index < -0.39 is 23.6 Å². The van der Waals surface area contributed by atoms with Crippen LogP contribution in [0, 0.1) is 0 Å². The van der Waals surface area contributed by atoms with E-state index in [9.17, 15) is 22.8 Å². The fourth-order valence-electron chi connectivity index (χ4n) is 1.85. The first-order valence-electron chi connectivity index (χ1n) is 7.10. The van der Waals surface area contributed by atoms with Crippen molar-refractivity contribution in [3.05, 3.63) is 59.7 Å². The summed E-state index contributed by atoms with van der Waals surface area (Å²) in [4.78, 5) is 22.8. The van der Waals surface area contributed by atoms with Gasteiger partial charge in [-0.05, 0) is 48.5 Å². The predicted molar refractivity (Wildman–Crippen MR) is 82.3 cm³/mol. The standard InChI is InChI=1S/C17H14F3NO4/c1-24-15(22)10-21-16(23)11-2-6-13(7-3-11)25-14-8-4-12(5-9-14)17(18,19)20/h2-9H,10H2,1H3,(H,21,23). The first kappa shape index (κ1) is 18.3. The summed E-state index contributed by atoms with van der Waals surface area (Å²) in [5.41, 5.74) is -0.471. The van der Waals surface area contributed by atoms with Crippen LogP contribution < -0.4 is 10.1 Å². The molecule has 0 radical (unpaired) electrons. The molecule has 0 aliphatic carbocycles. The van der Waals surface area contributed by atoms with Crippen molar-refractivity contribution in [1.29, 1.82) is 0 Å². The first-order chi connectivity index (χ1) is 11.8. The molecular weight excluding hydrogens is 339 g/mol. The molecule has 8 heteroatoms. The van der Waals surface area contributed by atoms with Crippen LogP contribution in [0.3, 0.4) is 0 Å². The topological polar surface area (TPSA) is 64.6 Å². The second-order valence-electron chi connectivity index (χ2n) is 4.91. The highest BCUT2D eigenvalue weighted by atomic mass is 19.4. The third-order valence-electron chi connectivity index (χ3n) is 3.15. The van der Waals surface area contributed by atoms with Gasteiger partial charge in [-0.15, -0.1) is 0 Å². The molecule has 0 bridgehead atoms. The Bertz CT molecular complexity index is 740. The minimum Gasteiger partial charge on any atom is -0.468 e. The van der Waals surface area contributed by atoms with Crippen LogP contribution in [-0.4, -0.2) is 25.5 Å². The average Bonchev–Trinajstić information content (AvgIpc) is 2.59. The minimum absolute atomic E-state index is 0.232. The summed E-state index contributed by atoms with van der Waals surface area (Å²) in [6, 6.07) is 10.2. The second-order valence-corrected chi connectivity index (χ2v) is 4.91. The third kappa shape index (κ3) is 5.23. The van der Waals surface area contributed by atoms with E-state index in [0.29, 0.717) is 11.3 Å². The zero-order valence-electron chi connectivity index (χ0n) is 13.1. The number of methoxy groups -OCH3 is 1. The van der Waals surface area contributed by atoms with E-state index in [0.717, 1.165) is 12.1 Å². The number of nitrogens with one attached hydrogen (secondary N) is 1. The maximum Gasteiger partial charge on any atom is 0.416 e. The van der Waals surface area contributed by atoms with Crippen LogP contribution in [-0.2, 0) is 15.7 Å². The maximum atomic E-state index is 12.5. The molecule has 5 nitrogen and oxygen atoms in total. The lowest BCUT2D eigenvalue weighted by molar-refractivity contribution is -0.139. The van der Waals surface area contributed by atoms with Crippen molar-refractivity contribution in [2.24, 2.45) is 0 Å². The smallest absolute Gasteiger partial charge is 0.416 e. The Labute approximate surface area is 141 Å². The lowest BCUT2D eigenvalue weighted by Crippen LogP contribution is -2.30. The molecule has 0 atom stereocenters. The van der Waals surface area contributed by atoms with Crippen molar-refractivity contribution >= 4 is 11.9 Å². The van der Waals surface area contributed by atoms with Crippen LogP contribution in [0.15, 0.2) is 48.5 Å². The number of hydrogen-bond donors (Lipinski definition) is 1. The highest BCUT2D eigenvalue weighted by molar-refractivity contribution is 5.96. The van der Waals surface area contributed by atoms with Crippen LogP contribution >= 0.6 is 0 Å². The Kier molecular flexibility index (Phi) is 5.63. The van der Waals surface area contributed by atoms with E-state index in [2.05, 4.69) is 10.1 Å². The van der Waals surface area contributed by atoms with E-state index in [1.807, 2.05) is 0 Å². The number of hydrogen-bond acceptors (Lipinski definition) is 4. The number of amides is 1. The lowest BCUT2D eigenvalue weighted by atomic mass is 10.2. The molecule has 0 fully saturated rings. The fourth-order valence-corrected chi connectivity index (χ4v) is 1.85. The van der Waals surface area contributed by atoms with Crippen LogP contribution in [0.25, 0.3) is 0 Å². The van der Waals surface area contributed by atoms with Gasteiger partial charge in [-0.3, -0.25) is 9.59 Å². The van der Waals surface area contributed by atoms with E-state index in [4.69, 9.17) is 4.74 Å². The van der Waals surface area contributed by atoms with Gasteiger partial charge in [-0.2, -0.15) is 13.2 Å². The molecule has 0 saturated carbocycles. The summed E-state index contributed by atoms with van der Waals surface area (Å²) < 4.78 is 47.3. The maximum absolute atomic E-state index is 12.5. The Morgan fingerprint density at radius 2 is 1.48 bits per heavy atom. The van der Waals surface area contributed by atoms with Gasteiger partial charge in [0.2, 0.25) is 0 Å². The van der Waals surface area contributed by atoms with Crippen LogP contribution in [0.4, 0.5) is 13.2 Å². The van der Waals surface area contributed by atoms with Gasteiger partial charge in [-0.25, -0.2) is 0 Å². The normalized spacial score (nSPS) is 10.9. The van der Waals surface area contributed by atoms with Gasteiger partial charge in [0.25, 0.3) is 5.91 Å². The summed E-state index contributed by atoms with van der Waals surface area (Å²) in [6.45, 7) is -0.251. The Balaban J connectivity index is 1.98. The van der Waals surface area contributed by atoms with E-state index in [-0.39, 0.29) is 12.3 Å². The molecule has 132 valence electrons. The molecule has 0 heterocycles. The number of benzene rings is 2. The fraction of sp³-hybridized carbons (Fsp3) is 0.176. The van der Waals surface area contributed by atoms with Crippen LogP contribution in [0.5, 0.6) is 11.5 Å². The molecule has 2 aromatic carbocycles. The Morgan fingerprint density at radius 3 is 1.96 bits per heavy atom. The average molecular weight is 353 g/mol. The molecule has 0 unspecified atom stereocenters. The number of ether oxygens (including phenoxy) is 2. The highest BCUT2D eigenvalue weighted by Gasteiger charge is 2.30. The van der Waals surface area contributed by atoms with Crippen molar-refractivity contribution in [2.75, 3.05) is 13.7 Å². The van der Waals surface area contributed by atoms with Crippen molar-refractivity contribution < 1.29 is 32.2 Å². The van der Waals surface area contributed by atoms with Gasteiger partial charge in [0, 0.05) is 5.56 Å². The SMILES string of the molecule is COC(=O)CNC(=O)c1ccc(Oc2ccc(C(F)(F)F)cc2)cc1. The Hall–Kier alpha value is -3.03. The summed E-state index contributed by atoms with van der Waals surface area (Å²) in [7, 11) is 1.21. The molecule has 1 N–H and O–H groups in total. The number of esters is 1. The van der Waals surface area contributed by atoms with E-state index >= 15 is 0 Å². The lowest BCUT2D eigenvalue weighted by Gasteiger charge is -2.09. The molecule has 0 aliphatic heterocycles. The predicted octanol–water partition coefficient (Wildman–Crippen LogP) is 3.40. The van der Waals surface area contributed by atoms with Gasteiger partial charge in [-0.1, -0.05) is 0 Å². The summed E-state index contributed by atoms with van der Waals surface area (Å²) in [6.07, 6.45) is -4.41. The number of alkyl halides is 3. The zero-order valence-corrected chi connectivity index (χ0v) is 13.1. The molecule has 2 aromatic rings. The van der Waals surface area contributed by atoms with Gasteiger partial charge >= 0.3 is 12.1 Å². The van der Waals surface area contributed by atoms with Gasteiger partial charge in [0.05, 0.1) is 12.7 Å². The summed E-state index contributed by atoms with van der Waals surface area (Å²) >= 11 is 0. The first-order valence-corrected chi connectivity index (χ1v) is 7.10. The van der Waals surface area contributed by atoms with E-state index in [1.54, 1.807) is 0 Å². The van der Waals surface area contributed by atoms with Crippen molar-refractivity contribution in [3.63, 3.8) is 0 Å². The highest BCUT2D eigenvalue weighted by Crippen LogP contribution is 2.31. The number of halogens is 3. The number of rotatable bonds is 5. The third-order valence-corrected chi connectivity index (χ3v) is 3.15. The summed E-state index contributed by atoms with van der Waals surface area (Å²) in [5, 5.41) is 2.38. The molecule has 2 rings (SSSR count). The molecule has 0 aromatic heterocycles. The van der Waals surface area contributed by atoms with Crippen LogP contribution in [0.1, 0.15) is 15.9 Å². The minimum atomic E-state index is -4.41. The van der Waals surface area contributed by atoms with Crippen molar-refractivity contribution in [2.45, 2.75) is 6.18 Å². The molecule has 0 aliphatic rings. The van der Waals surface area contributed by atoms with Crippen molar-refractivity contribution in [3.8, 4) is 11.5 Å².